The molecule has 1 amide bonds. The van der Waals surface area contributed by atoms with Gasteiger partial charge in [0.05, 0.1) is 17.1 Å². The number of benzene rings is 2. The fourth-order valence-electron chi connectivity index (χ4n) is 4.07. The molecule has 7 heteroatoms. The maximum absolute atomic E-state index is 13.0. The molecule has 32 heavy (non-hydrogen) atoms. The van der Waals surface area contributed by atoms with Gasteiger partial charge in [0.1, 0.15) is 5.69 Å². The summed E-state index contributed by atoms with van der Waals surface area (Å²) in [6.45, 7) is 2.15. The Hall–Kier alpha value is -3.66. The number of hydrogen-bond acceptors (Lipinski definition) is 6. The first-order chi connectivity index (χ1) is 15.7. The molecule has 0 spiro atoms. The number of nitrogen functional groups attached to an aromatic ring is 1. The number of nitriles is 1. The Morgan fingerprint density at radius 1 is 1.03 bits per heavy atom. The summed E-state index contributed by atoms with van der Waals surface area (Å²) in [6, 6.07) is 17.3. The molecule has 3 aromatic rings. The topological polar surface area (TPSA) is 108 Å². The van der Waals surface area contributed by atoms with E-state index in [1.54, 1.807) is 0 Å². The van der Waals surface area contributed by atoms with Gasteiger partial charge >= 0.3 is 0 Å². The van der Waals surface area contributed by atoms with Crippen LogP contribution in [0.15, 0.2) is 48.5 Å². The zero-order chi connectivity index (χ0) is 22.3. The Balaban J connectivity index is 1.58. The number of anilines is 2. The average molecular weight is 429 g/mol. The van der Waals surface area contributed by atoms with E-state index in [1.165, 1.54) is 12.8 Å². The minimum absolute atomic E-state index is 0.344. The van der Waals surface area contributed by atoms with E-state index in [9.17, 15) is 10.1 Å². The van der Waals surface area contributed by atoms with Gasteiger partial charge in [-0.1, -0.05) is 37.1 Å². The Bertz CT molecular complexity index is 1110. The molecule has 2 aromatic carbocycles. The molecule has 3 N–H and O–H groups in total. The van der Waals surface area contributed by atoms with Gasteiger partial charge in [0, 0.05) is 25.3 Å². The lowest BCUT2D eigenvalue weighted by Gasteiger charge is -2.25. The molecule has 0 aliphatic carbocycles. The summed E-state index contributed by atoms with van der Waals surface area (Å²) < 4.78 is 0. The molecule has 1 atom stereocenters. The molecule has 0 radical (unpaired) electrons. The molecule has 1 unspecified atom stereocenters. The second kappa shape index (κ2) is 10.1. The Morgan fingerprint density at radius 3 is 2.34 bits per heavy atom. The third-order valence-corrected chi connectivity index (χ3v) is 5.84. The van der Waals surface area contributed by atoms with Crippen LogP contribution in [-0.2, 0) is 11.2 Å². The van der Waals surface area contributed by atoms with Crippen molar-refractivity contribution in [1.29, 1.82) is 5.26 Å². The first-order valence-electron chi connectivity index (χ1n) is 11.2. The van der Waals surface area contributed by atoms with Crippen molar-refractivity contribution in [3.8, 4) is 6.07 Å². The van der Waals surface area contributed by atoms with E-state index in [0.717, 1.165) is 37.0 Å². The predicted molar refractivity (Wildman–Crippen MR) is 126 cm³/mol. The van der Waals surface area contributed by atoms with Crippen molar-refractivity contribution >= 4 is 28.4 Å². The fraction of sp³-hybridized carbons (Fsp3) is 0.360. The summed E-state index contributed by atoms with van der Waals surface area (Å²) in [4.78, 5) is 24.8. The Labute approximate surface area is 188 Å². The predicted octanol–water partition coefficient (Wildman–Crippen LogP) is 3.56. The molecule has 0 bridgehead atoms. The number of aromatic nitrogens is 2. The van der Waals surface area contributed by atoms with Crippen molar-refractivity contribution in [3.05, 3.63) is 59.8 Å². The largest absolute Gasteiger partial charge is 0.399 e. The maximum atomic E-state index is 13.0. The molecule has 1 saturated heterocycles. The fourth-order valence-corrected chi connectivity index (χ4v) is 4.07. The van der Waals surface area contributed by atoms with Crippen molar-refractivity contribution in [2.24, 2.45) is 0 Å². The highest BCUT2D eigenvalue weighted by atomic mass is 16.1. The second-order valence-corrected chi connectivity index (χ2v) is 8.17. The van der Waals surface area contributed by atoms with E-state index in [1.807, 2.05) is 48.5 Å². The van der Waals surface area contributed by atoms with E-state index in [-0.39, 0.29) is 5.91 Å². The van der Waals surface area contributed by atoms with Gasteiger partial charge in [0.15, 0.2) is 11.7 Å². The number of carbonyl (C=O) groups excluding carboxylic acids is 1. The van der Waals surface area contributed by atoms with Crippen LogP contribution < -0.4 is 16.0 Å². The number of nitrogens with two attached hydrogens (primary N) is 1. The van der Waals surface area contributed by atoms with Crippen LogP contribution in [0.3, 0.4) is 0 Å². The van der Waals surface area contributed by atoms with Crippen LogP contribution >= 0.6 is 0 Å². The molecular weight excluding hydrogens is 400 g/mol. The molecule has 0 saturated carbocycles. The van der Waals surface area contributed by atoms with E-state index >= 15 is 0 Å². The van der Waals surface area contributed by atoms with Gasteiger partial charge in [-0.3, -0.25) is 4.79 Å². The summed E-state index contributed by atoms with van der Waals surface area (Å²) in [5.74, 6) is -0.703. The minimum atomic E-state index is -1.02. The van der Waals surface area contributed by atoms with E-state index < -0.39 is 5.92 Å². The lowest BCUT2D eigenvalue weighted by Crippen LogP contribution is -2.33. The quantitative estimate of drug-likeness (QED) is 0.581. The molecular formula is C25H28N6O. The molecule has 1 fully saturated rings. The normalized spacial score (nSPS) is 15.0. The zero-order valence-electron chi connectivity index (χ0n) is 18.1. The number of nitrogens with one attached hydrogen (secondary N) is 1. The maximum Gasteiger partial charge on any atom is 0.243 e. The van der Waals surface area contributed by atoms with Crippen LogP contribution in [0, 0.1) is 11.3 Å². The van der Waals surface area contributed by atoms with Gasteiger partial charge in [-0.15, -0.1) is 0 Å². The SMILES string of the molecule is N#CC(C(=O)NCCc1ccc(N)cc1)c1nc2ccccc2nc1N1CCCCCC1. The Morgan fingerprint density at radius 2 is 1.69 bits per heavy atom. The molecule has 1 aliphatic rings. The van der Waals surface area contributed by atoms with Crippen LogP contribution in [0.2, 0.25) is 0 Å². The minimum Gasteiger partial charge on any atom is -0.399 e. The Kier molecular flexibility index (Phi) is 6.81. The van der Waals surface area contributed by atoms with Crippen LogP contribution in [0.4, 0.5) is 11.5 Å². The number of hydrogen-bond donors (Lipinski definition) is 2. The van der Waals surface area contributed by atoms with Gasteiger partial charge < -0.3 is 16.0 Å². The zero-order valence-corrected chi connectivity index (χ0v) is 18.1. The van der Waals surface area contributed by atoms with E-state index in [2.05, 4.69) is 16.3 Å². The highest BCUT2D eigenvalue weighted by molar-refractivity contribution is 5.88. The molecule has 2 heterocycles. The lowest BCUT2D eigenvalue weighted by atomic mass is 10.0. The summed E-state index contributed by atoms with van der Waals surface area (Å²) in [5, 5.41) is 12.8. The monoisotopic (exact) mass is 428 g/mol. The lowest BCUT2D eigenvalue weighted by molar-refractivity contribution is -0.121. The second-order valence-electron chi connectivity index (χ2n) is 8.17. The van der Waals surface area contributed by atoms with Gasteiger partial charge in [-0.2, -0.15) is 5.26 Å². The van der Waals surface area contributed by atoms with Crippen molar-refractivity contribution < 1.29 is 4.79 Å². The number of carbonyl (C=O) groups is 1. The van der Waals surface area contributed by atoms with Gasteiger partial charge in [0.25, 0.3) is 0 Å². The molecule has 7 nitrogen and oxygen atoms in total. The van der Waals surface area contributed by atoms with Crippen molar-refractivity contribution in [1.82, 2.24) is 15.3 Å². The van der Waals surface area contributed by atoms with Crippen LogP contribution in [0.5, 0.6) is 0 Å². The molecule has 164 valence electrons. The number of para-hydroxylation sites is 2. The standard InChI is InChI=1S/C25H28N6O/c26-17-20(25(32)28-14-13-18-9-11-19(27)12-10-18)23-24(31-15-5-1-2-6-16-31)30-22-8-4-3-7-21(22)29-23/h3-4,7-12,20H,1-2,5-6,13-16,27H2,(H,28,32). The number of fused-ring (bicyclic) bond motifs is 1. The van der Waals surface area contributed by atoms with Crippen molar-refractivity contribution in [3.63, 3.8) is 0 Å². The summed E-state index contributed by atoms with van der Waals surface area (Å²) in [5.41, 5.74) is 9.42. The molecule has 1 aliphatic heterocycles. The van der Waals surface area contributed by atoms with Gasteiger partial charge in [0.2, 0.25) is 5.91 Å². The third-order valence-electron chi connectivity index (χ3n) is 5.84. The van der Waals surface area contributed by atoms with Crippen LogP contribution in [-0.4, -0.2) is 35.5 Å². The highest BCUT2D eigenvalue weighted by Crippen LogP contribution is 2.29. The number of rotatable bonds is 6. The number of nitrogens with zero attached hydrogens (tertiary/aromatic N) is 4. The van der Waals surface area contributed by atoms with Crippen molar-refractivity contribution in [2.75, 3.05) is 30.3 Å². The van der Waals surface area contributed by atoms with E-state index in [0.29, 0.717) is 35.7 Å². The van der Waals surface area contributed by atoms with Gasteiger partial charge in [-0.25, -0.2) is 9.97 Å². The summed E-state index contributed by atoms with van der Waals surface area (Å²) in [6.07, 6.45) is 5.16. The van der Waals surface area contributed by atoms with Crippen molar-refractivity contribution in [2.45, 2.75) is 38.0 Å². The number of amides is 1. The smallest absolute Gasteiger partial charge is 0.243 e. The van der Waals surface area contributed by atoms with E-state index in [4.69, 9.17) is 15.7 Å². The van der Waals surface area contributed by atoms with Gasteiger partial charge in [-0.05, 0) is 49.1 Å². The average Bonchev–Trinajstić information content (AvgIpc) is 3.10. The summed E-state index contributed by atoms with van der Waals surface area (Å²) in [7, 11) is 0. The third kappa shape index (κ3) is 4.97. The van der Waals surface area contributed by atoms with Crippen LogP contribution in [0.1, 0.15) is 42.9 Å². The first-order valence-corrected chi connectivity index (χ1v) is 11.2. The summed E-state index contributed by atoms with van der Waals surface area (Å²) >= 11 is 0. The van der Waals surface area contributed by atoms with Crippen LogP contribution in [0.25, 0.3) is 11.0 Å². The highest BCUT2D eigenvalue weighted by Gasteiger charge is 2.28. The molecule has 1 aromatic heterocycles. The first kappa shape index (κ1) is 21.6. The molecule has 4 rings (SSSR count).